The van der Waals surface area contributed by atoms with Gasteiger partial charge in [-0.2, -0.15) is 5.26 Å². The molecule has 0 rings (SSSR count). The summed E-state index contributed by atoms with van der Waals surface area (Å²) in [6, 6.07) is 0. The van der Waals surface area contributed by atoms with Crippen molar-refractivity contribution in [3.8, 4) is 6.26 Å². The number of aliphatic hydroxyl groups excluding tert-OH is 1. The molecule has 1 atom stereocenters. The van der Waals surface area contributed by atoms with E-state index in [0.717, 1.165) is 5.75 Å². The summed E-state index contributed by atoms with van der Waals surface area (Å²) in [6.45, 7) is 2.02. The van der Waals surface area contributed by atoms with Crippen molar-refractivity contribution in [2.24, 2.45) is 0 Å². The first-order chi connectivity index (χ1) is 4.31. The Morgan fingerprint density at radius 1 is 1.89 bits per heavy atom. The van der Waals surface area contributed by atoms with Crippen LogP contribution in [0, 0.1) is 11.5 Å². The molecule has 4 heteroatoms. The average Bonchev–Trinajstić information content (AvgIpc) is 1.85. The summed E-state index contributed by atoms with van der Waals surface area (Å²) in [4.78, 5) is 0. The number of thioether (sulfide) groups is 1. The number of hydrogen-bond acceptors (Lipinski definition) is 4. The summed E-state index contributed by atoms with van der Waals surface area (Å²) in [5.74, 6) is 0.829. The third-order valence-electron chi connectivity index (χ3n) is 0.650. The van der Waals surface area contributed by atoms with E-state index in [0.29, 0.717) is 0 Å². The largest absolute Gasteiger partial charge is 0.424 e. The van der Waals surface area contributed by atoms with Crippen LogP contribution >= 0.6 is 11.8 Å². The second-order valence-electron chi connectivity index (χ2n) is 1.31. The van der Waals surface area contributed by atoms with Crippen LogP contribution < -0.4 is 0 Å². The van der Waals surface area contributed by atoms with E-state index in [2.05, 4.69) is 4.74 Å². The third-order valence-corrected chi connectivity index (χ3v) is 1.50. The summed E-state index contributed by atoms with van der Waals surface area (Å²) in [6.07, 6.45) is 1.48. The van der Waals surface area contributed by atoms with Gasteiger partial charge in [0, 0.05) is 0 Å². The number of rotatable bonds is 4. The quantitative estimate of drug-likeness (QED) is 0.466. The summed E-state index contributed by atoms with van der Waals surface area (Å²) in [7, 11) is 0. The molecule has 0 aromatic rings. The Balaban J connectivity index is 3.07. The average molecular weight is 147 g/mol. The van der Waals surface area contributed by atoms with Gasteiger partial charge in [-0.25, -0.2) is 0 Å². The lowest BCUT2D eigenvalue weighted by atomic mass is 10.8. The normalized spacial score (nSPS) is 12.1. The predicted octanol–water partition coefficient (Wildman–Crippen LogP) is 0.556. The number of hydrogen-bond donors (Lipinski definition) is 1. The summed E-state index contributed by atoms with van der Waals surface area (Å²) in [5, 5.41) is 16.8. The Morgan fingerprint density at radius 3 is 3.00 bits per heavy atom. The molecule has 1 N–H and O–H groups in total. The smallest absolute Gasteiger partial charge is 0.286 e. The van der Waals surface area contributed by atoms with Gasteiger partial charge in [-0.15, -0.1) is 11.8 Å². The highest BCUT2D eigenvalue weighted by Gasteiger charge is 2.00. The number of aliphatic hydroxyl groups is 1. The minimum atomic E-state index is -0.561. The van der Waals surface area contributed by atoms with Crippen molar-refractivity contribution >= 4 is 11.8 Å². The van der Waals surface area contributed by atoms with Crippen molar-refractivity contribution in [2.45, 2.75) is 12.4 Å². The first-order valence-electron chi connectivity index (χ1n) is 2.61. The van der Waals surface area contributed by atoms with Gasteiger partial charge in [-0.3, -0.25) is 0 Å². The fourth-order valence-electron chi connectivity index (χ4n) is 0.349. The Morgan fingerprint density at radius 2 is 2.56 bits per heavy atom. The predicted molar refractivity (Wildman–Crippen MR) is 35.7 cm³/mol. The molecule has 0 aliphatic heterocycles. The van der Waals surface area contributed by atoms with Crippen LogP contribution in [0.3, 0.4) is 0 Å². The molecule has 0 spiro atoms. The zero-order chi connectivity index (χ0) is 7.11. The standard InChI is InChI=1S/C5H9NO2S/c1-2-9-5(7)3-8-4-6/h5,7H,2-3H2,1H3. The van der Waals surface area contributed by atoms with Crippen LogP contribution in [0.5, 0.6) is 0 Å². The van der Waals surface area contributed by atoms with Gasteiger partial charge in [0.05, 0.1) is 0 Å². The van der Waals surface area contributed by atoms with E-state index in [-0.39, 0.29) is 6.61 Å². The van der Waals surface area contributed by atoms with Crippen molar-refractivity contribution in [1.29, 1.82) is 5.26 Å². The van der Waals surface area contributed by atoms with Crippen molar-refractivity contribution in [3.05, 3.63) is 0 Å². The zero-order valence-electron chi connectivity index (χ0n) is 5.20. The molecule has 0 aromatic heterocycles. The third kappa shape index (κ3) is 5.47. The van der Waals surface area contributed by atoms with E-state index in [4.69, 9.17) is 10.4 Å². The maximum absolute atomic E-state index is 8.87. The van der Waals surface area contributed by atoms with Gasteiger partial charge in [0.2, 0.25) is 0 Å². The molecule has 3 nitrogen and oxygen atoms in total. The van der Waals surface area contributed by atoms with E-state index in [1.165, 1.54) is 18.0 Å². The first-order valence-corrected chi connectivity index (χ1v) is 3.66. The molecule has 0 aliphatic rings. The van der Waals surface area contributed by atoms with Gasteiger partial charge in [-0.1, -0.05) is 6.92 Å². The molecule has 0 amide bonds. The molecule has 0 saturated carbocycles. The highest BCUT2D eigenvalue weighted by molar-refractivity contribution is 7.99. The van der Waals surface area contributed by atoms with E-state index in [1.54, 1.807) is 0 Å². The second kappa shape index (κ2) is 5.73. The lowest BCUT2D eigenvalue weighted by Gasteiger charge is -2.04. The van der Waals surface area contributed by atoms with Crippen LogP contribution in [0.25, 0.3) is 0 Å². The van der Waals surface area contributed by atoms with Crippen LogP contribution in [0.4, 0.5) is 0 Å². The fourth-order valence-corrected chi connectivity index (χ4v) is 0.898. The summed E-state index contributed by atoms with van der Waals surface area (Å²) < 4.78 is 4.28. The number of ether oxygens (including phenoxy) is 1. The summed E-state index contributed by atoms with van der Waals surface area (Å²) >= 11 is 1.35. The minimum Gasteiger partial charge on any atom is -0.424 e. The molecule has 0 aliphatic carbocycles. The van der Waals surface area contributed by atoms with Gasteiger partial charge in [0.1, 0.15) is 12.0 Å². The fraction of sp³-hybridized carbons (Fsp3) is 0.800. The molecule has 0 bridgehead atoms. The van der Waals surface area contributed by atoms with E-state index in [9.17, 15) is 0 Å². The number of nitriles is 1. The molecule has 0 heterocycles. The van der Waals surface area contributed by atoms with Crippen molar-refractivity contribution in [2.75, 3.05) is 12.4 Å². The molecular formula is C5H9NO2S. The van der Waals surface area contributed by atoms with Gasteiger partial charge in [0.25, 0.3) is 6.26 Å². The Bertz CT molecular complexity index is 102. The van der Waals surface area contributed by atoms with Gasteiger partial charge in [-0.05, 0) is 5.75 Å². The highest BCUT2D eigenvalue weighted by Crippen LogP contribution is 2.05. The van der Waals surface area contributed by atoms with Crippen molar-refractivity contribution in [1.82, 2.24) is 0 Å². The summed E-state index contributed by atoms with van der Waals surface area (Å²) in [5.41, 5.74) is -0.561. The maximum atomic E-state index is 8.87. The molecule has 1 unspecified atom stereocenters. The SMILES string of the molecule is CCSC(O)COC#N. The molecular weight excluding hydrogens is 138 g/mol. The topological polar surface area (TPSA) is 53.2 Å². The minimum absolute atomic E-state index is 0.0923. The zero-order valence-corrected chi connectivity index (χ0v) is 6.02. The molecule has 52 valence electrons. The van der Waals surface area contributed by atoms with Crippen LogP contribution in [0.15, 0.2) is 0 Å². The van der Waals surface area contributed by atoms with Crippen molar-refractivity contribution in [3.63, 3.8) is 0 Å². The molecule has 0 radical (unpaired) electrons. The van der Waals surface area contributed by atoms with Crippen LogP contribution in [-0.4, -0.2) is 22.9 Å². The Hall–Kier alpha value is -0.400. The van der Waals surface area contributed by atoms with Crippen LogP contribution in [-0.2, 0) is 4.74 Å². The van der Waals surface area contributed by atoms with Crippen LogP contribution in [0.1, 0.15) is 6.92 Å². The molecule has 0 fully saturated rings. The monoisotopic (exact) mass is 147 g/mol. The number of nitrogens with zero attached hydrogens (tertiary/aromatic N) is 1. The molecule has 0 saturated heterocycles. The van der Waals surface area contributed by atoms with Gasteiger partial charge >= 0.3 is 0 Å². The van der Waals surface area contributed by atoms with Crippen molar-refractivity contribution < 1.29 is 9.84 Å². The van der Waals surface area contributed by atoms with Gasteiger partial charge in [0.15, 0.2) is 0 Å². The Labute approximate surface area is 58.6 Å². The molecule has 0 aromatic carbocycles. The maximum Gasteiger partial charge on any atom is 0.286 e. The van der Waals surface area contributed by atoms with Crippen LogP contribution in [0.2, 0.25) is 0 Å². The van der Waals surface area contributed by atoms with Gasteiger partial charge < -0.3 is 9.84 Å². The van der Waals surface area contributed by atoms with E-state index < -0.39 is 5.44 Å². The van der Waals surface area contributed by atoms with E-state index in [1.807, 2.05) is 6.92 Å². The highest BCUT2D eigenvalue weighted by atomic mass is 32.2. The second-order valence-corrected chi connectivity index (χ2v) is 2.77. The lowest BCUT2D eigenvalue weighted by Crippen LogP contribution is -2.08. The molecule has 9 heavy (non-hydrogen) atoms. The first kappa shape index (κ1) is 8.60. The van der Waals surface area contributed by atoms with E-state index >= 15 is 0 Å². The lowest BCUT2D eigenvalue weighted by molar-refractivity contribution is 0.153. The Kier molecular flexibility index (Phi) is 5.48.